The lowest BCUT2D eigenvalue weighted by Gasteiger charge is -2.30. The molecule has 20 heavy (non-hydrogen) atoms. The first-order valence-corrected chi connectivity index (χ1v) is 7.97. The molecule has 0 radical (unpaired) electrons. The maximum Gasteiger partial charge on any atom is 0.121 e. The molecule has 0 saturated heterocycles. The second-order valence-corrected chi connectivity index (χ2v) is 6.72. The maximum absolute atomic E-state index is 9.51. The van der Waals surface area contributed by atoms with Crippen LogP contribution in [0.3, 0.4) is 0 Å². The van der Waals surface area contributed by atoms with Crippen molar-refractivity contribution in [1.82, 2.24) is 0 Å². The molecule has 2 aromatic carbocycles. The number of hydrogen-bond acceptors (Lipinski definition) is 2. The second-order valence-electron chi connectivity index (χ2n) is 4.88. The summed E-state index contributed by atoms with van der Waals surface area (Å²) in [5, 5.41) is 9.51. The van der Waals surface area contributed by atoms with Crippen LogP contribution in [0.2, 0.25) is 0 Å². The van der Waals surface area contributed by atoms with Crippen molar-refractivity contribution in [2.75, 3.05) is 13.7 Å². The Balaban J connectivity index is 2.34. The Morgan fingerprint density at radius 3 is 1.90 bits per heavy atom. The van der Waals surface area contributed by atoms with Gasteiger partial charge in [0.05, 0.1) is 0 Å². The molecule has 1 aliphatic carbocycles. The number of rotatable bonds is 3. The highest BCUT2D eigenvalue weighted by Crippen LogP contribution is 2.52. The number of methoxy groups -OCH3 is 1. The molecular formula is C16H14Br2O2. The fourth-order valence-electron chi connectivity index (χ4n) is 3.06. The van der Waals surface area contributed by atoms with Gasteiger partial charge in [0.2, 0.25) is 0 Å². The van der Waals surface area contributed by atoms with E-state index in [9.17, 15) is 5.11 Å². The minimum absolute atomic E-state index is 0.0751. The van der Waals surface area contributed by atoms with Crippen molar-refractivity contribution in [2.24, 2.45) is 0 Å². The zero-order chi connectivity index (χ0) is 14.3. The van der Waals surface area contributed by atoms with E-state index >= 15 is 0 Å². The summed E-state index contributed by atoms with van der Waals surface area (Å²) in [6.07, 6.45) is 0.538. The molecule has 0 atom stereocenters. The van der Waals surface area contributed by atoms with E-state index in [0.29, 0.717) is 6.42 Å². The molecular weight excluding hydrogens is 384 g/mol. The van der Waals surface area contributed by atoms with Crippen LogP contribution in [0, 0.1) is 0 Å². The molecule has 0 aromatic heterocycles. The lowest BCUT2D eigenvalue weighted by molar-refractivity contribution is 0.00512. The average molecular weight is 398 g/mol. The molecule has 1 N–H and O–H groups in total. The summed E-state index contributed by atoms with van der Waals surface area (Å²) in [5.41, 5.74) is 3.98. The van der Waals surface area contributed by atoms with E-state index in [1.165, 1.54) is 11.1 Å². The van der Waals surface area contributed by atoms with Gasteiger partial charge in [-0.1, -0.05) is 44.0 Å². The number of ether oxygens (including phenoxy) is 1. The fourth-order valence-corrected chi connectivity index (χ4v) is 3.79. The Morgan fingerprint density at radius 2 is 1.50 bits per heavy atom. The number of benzene rings is 2. The summed E-state index contributed by atoms with van der Waals surface area (Å²) < 4.78 is 7.93. The van der Waals surface area contributed by atoms with Crippen molar-refractivity contribution in [2.45, 2.75) is 12.0 Å². The molecule has 0 saturated carbocycles. The standard InChI is InChI=1S/C16H14Br2O2/c1-20-16(6-7-19)14-8-10(17)2-4-12(14)13-5-3-11(18)9-15(13)16/h2-5,8-9,19H,6-7H2,1H3. The van der Waals surface area contributed by atoms with Gasteiger partial charge in [-0.25, -0.2) is 0 Å². The summed E-state index contributed by atoms with van der Waals surface area (Å²) in [6, 6.07) is 12.4. The third kappa shape index (κ3) is 1.98. The molecule has 0 spiro atoms. The molecule has 0 bridgehead atoms. The lowest BCUT2D eigenvalue weighted by atomic mass is 9.88. The number of aliphatic hydroxyl groups excluding tert-OH is 1. The third-order valence-electron chi connectivity index (χ3n) is 3.94. The Kier molecular flexibility index (Phi) is 3.75. The predicted octanol–water partition coefficient (Wildman–Crippen LogP) is 4.46. The molecule has 2 aromatic rings. The van der Waals surface area contributed by atoms with Crippen molar-refractivity contribution >= 4 is 31.9 Å². The van der Waals surface area contributed by atoms with Crippen molar-refractivity contribution in [1.29, 1.82) is 0 Å². The first kappa shape index (κ1) is 14.3. The highest BCUT2D eigenvalue weighted by atomic mass is 79.9. The van der Waals surface area contributed by atoms with Crippen LogP contribution in [-0.2, 0) is 10.3 Å². The molecule has 0 heterocycles. The van der Waals surface area contributed by atoms with Gasteiger partial charge in [0.1, 0.15) is 5.60 Å². The number of halogens is 2. The molecule has 104 valence electrons. The third-order valence-corrected chi connectivity index (χ3v) is 4.92. The fraction of sp³-hybridized carbons (Fsp3) is 0.250. The normalized spacial score (nSPS) is 15.0. The largest absolute Gasteiger partial charge is 0.396 e. The van der Waals surface area contributed by atoms with E-state index < -0.39 is 5.60 Å². The van der Waals surface area contributed by atoms with Gasteiger partial charge in [-0.2, -0.15) is 0 Å². The van der Waals surface area contributed by atoms with Crippen LogP contribution < -0.4 is 0 Å². The topological polar surface area (TPSA) is 29.5 Å². The maximum atomic E-state index is 9.51. The summed E-state index contributed by atoms with van der Waals surface area (Å²) in [6.45, 7) is 0.0751. The minimum Gasteiger partial charge on any atom is -0.396 e. The highest BCUT2D eigenvalue weighted by Gasteiger charge is 2.43. The SMILES string of the molecule is COC1(CCO)c2cc(Br)ccc2-c2ccc(Br)cc21. The van der Waals surface area contributed by atoms with Crippen LogP contribution in [0.25, 0.3) is 11.1 Å². The Hall–Kier alpha value is -0.680. The lowest BCUT2D eigenvalue weighted by Crippen LogP contribution is -2.29. The molecule has 1 aliphatic rings. The molecule has 0 aliphatic heterocycles. The van der Waals surface area contributed by atoms with Gasteiger partial charge in [-0.3, -0.25) is 0 Å². The van der Waals surface area contributed by atoms with Crippen molar-refractivity contribution in [3.63, 3.8) is 0 Å². The van der Waals surface area contributed by atoms with Crippen molar-refractivity contribution in [3.05, 3.63) is 56.5 Å². The summed E-state index contributed by atoms with van der Waals surface area (Å²) >= 11 is 7.06. The van der Waals surface area contributed by atoms with Gasteiger partial charge in [0, 0.05) is 29.1 Å². The average Bonchev–Trinajstić information content (AvgIpc) is 2.69. The van der Waals surface area contributed by atoms with E-state index in [4.69, 9.17) is 4.74 Å². The minimum atomic E-state index is -0.576. The molecule has 0 fully saturated rings. The quantitative estimate of drug-likeness (QED) is 0.828. The second kappa shape index (κ2) is 5.26. The molecule has 4 heteroatoms. The van der Waals surface area contributed by atoms with Crippen LogP contribution >= 0.6 is 31.9 Å². The summed E-state index contributed by atoms with van der Waals surface area (Å²) in [4.78, 5) is 0. The smallest absolute Gasteiger partial charge is 0.121 e. The van der Waals surface area contributed by atoms with Crippen LogP contribution in [0.1, 0.15) is 17.5 Å². The van der Waals surface area contributed by atoms with Crippen molar-refractivity contribution in [3.8, 4) is 11.1 Å². The van der Waals surface area contributed by atoms with E-state index in [0.717, 1.165) is 20.1 Å². The van der Waals surface area contributed by atoms with Crippen molar-refractivity contribution < 1.29 is 9.84 Å². The van der Waals surface area contributed by atoms with Crippen LogP contribution in [0.15, 0.2) is 45.3 Å². The molecule has 3 rings (SSSR count). The van der Waals surface area contributed by atoms with Gasteiger partial charge in [-0.15, -0.1) is 0 Å². The number of fused-ring (bicyclic) bond motifs is 3. The van der Waals surface area contributed by atoms with E-state index in [1.807, 2.05) is 12.1 Å². The van der Waals surface area contributed by atoms with Crippen LogP contribution in [0.5, 0.6) is 0 Å². The van der Waals surface area contributed by atoms with Crippen LogP contribution in [0.4, 0.5) is 0 Å². The summed E-state index contributed by atoms with van der Waals surface area (Å²) in [7, 11) is 1.70. The summed E-state index contributed by atoms with van der Waals surface area (Å²) in [5.74, 6) is 0. The van der Waals surface area contributed by atoms with Crippen LogP contribution in [-0.4, -0.2) is 18.8 Å². The molecule has 2 nitrogen and oxygen atoms in total. The zero-order valence-electron chi connectivity index (χ0n) is 11.0. The van der Waals surface area contributed by atoms with Gasteiger partial charge < -0.3 is 9.84 Å². The van der Waals surface area contributed by atoms with Gasteiger partial charge in [0.15, 0.2) is 0 Å². The van der Waals surface area contributed by atoms with E-state index in [-0.39, 0.29) is 6.61 Å². The zero-order valence-corrected chi connectivity index (χ0v) is 14.2. The van der Waals surface area contributed by atoms with E-state index in [1.54, 1.807) is 7.11 Å². The highest BCUT2D eigenvalue weighted by molar-refractivity contribution is 9.10. The molecule has 0 unspecified atom stereocenters. The number of aliphatic hydroxyl groups is 1. The first-order valence-electron chi connectivity index (χ1n) is 6.39. The number of hydrogen-bond donors (Lipinski definition) is 1. The Morgan fingerprint density at radius 1 is 1.00 bits per heavy atom. The molecule has 0 amide bonds. The van der Waals surface area contributed by atoms with E-state index in [2.05, 4.69) is 56.1 Å². The van der Waals surface area contributed by atoms with Gasteiger partial charge in [-0.05, 0) is 46.5 Å². The monoisotopic (exact) mass is 396 g/mol. The Labute approximate surface area is 135 Å². The van der Waals surface area contributed by atoms with Gasteiger partial charge >= 0.3 is 0 Å². The first-order chi connectivity index (χ1) is 9.62. The predicted molar refractivity (Wildman–Crippen MR) is 86.8 cm³/mol. The van der Waals surface area contributed by atoms with Gasteiger partial charge in [0.25, 0.3) is 0 Å². The Bertz CT molecular complexity index is 616.